The number of hydrogen-bond donors (Lipinski definition) is 1. The number of rotatable bonds is 3. The number of sulfonamides is 1. The zero-order valence-corrected chi connectivity index (χ0v) is 13.7. The topological polar surface area (TPSA) is 89.7 Å². The number of halogens is 2. The predicted octanol–water partition coefficient (Wildman–Crippen LogP) is 1.27. The summed E-state index contributed by atoms with van der Waals surface area (Å²) < 4.78 is 31.0. The van der Waals surface area contributed by atoms with Crippen molar-refractivity contribution in [2.75, 3.05) is 20.2 Å². The van der Waals surface area contributed by atoms with E-state index in [4.69, 9.17) is 17.3 Å². The second kappa shape index (κ2) is 6.93. The van der Waals surface area contributed by atoms with E-state index in [2.05, 4.69) is 4.74 Å². The largest absolute Gasteiger partial charge is 0.465 e. The van der Waals surface area contributed by atoms with Crippen molar-refractivity contribution < 1.29 is 17.9 Å². The Labute approximate surface area is 134 Å². The number of carbonyl (C=O) groups excluding carboxylic acids is 1. The molecule has 0 amide bonds. The minimum absolute atomic E-state index is 0. The standard InChI is InChI=1S/C12H15ClN2O4S.ClH/c1-19-12(16)10-6-8(13)2-3-11(10)20(17,18)15-5-4-9(14)7-15;/h2-3,6,9H,4-5,7,14H2,1H3;1H/t9-;/m1./s1. The van der Waals surface area contributed by atoms with Gasteiger partial charge in [-0.15, -0.1) is 12.4 Å². The van der Waals surface area contributed by atoms with E-state index in [1.165, 1.54) is 29.6 Å². The zero-order valence-electron chi connectivity index (χ0n) is 11.3. The monoisotopic (exact) mass is 354 g/mol. The quantitative estimate of drug-likeness (QED) is 0.825. The highest BCUT2D eigenvalue weighted by molar-refractivity contribution is 7.89. The van der Waals surface area contributed by atoms with Crippen LogP contribution in [0.2, 0.25) is 5.02 Å². The second-order valence-electron chi connectivity index (χ2n) is 4.54. The normalized spacial score (nSPS) is 19.1. The third-order valence-electron chi connectivity index (χ3n) is 3.15. The van der Waals surface area contributed by atoms with E-state index in [9.17, 15) is 13.2 Å². The number of ether oxygens (including phenoxy) is 1. The molecule has 0 spiro atoms. The van der Waals surface area contributed by atoms with Gasteiger partial charge in [0.05, 0.1) is 17.6 Å². The van der Waals surface area contributed by atoms with Crippen LogP contribution in [0.3, 0.4) is 0 Å². The molecule has 0 bridgehead atoms. The van der Waals surface area contributed by atoms with Gasteiger partial charge in [-0.1, -0.05) is 11.6 Å². The van der Waals surface area contributed by atoms with Crippen LogP contribution in [-0.2, 0) is 14.8 Å². The molecule has 0 aliphatic carbocycles. The fourth-order valence-corrected chi connectivity index (χ4v) is 3.95. The summed E-state index contributed by atoms with van der Waals surface area (Å²) in [6.45, 7) is 0.582. The number of nitrogens with zero attached hydrogens (tertiary/aromatic N) is 1. The molecule has 0 aromatic heterocycles. The van der Waals surface area contributed by atoms with Crippen molar-refractivity contribution in [1.29, 1.82) is 0 Å². The van der Waals surface area contributed by atoms with E-state index in [1.54, 1.807) is 0 Å². The lowest BCUT2D eigenvalue weighted by Gasteiger charge is -2.17. The van der Waals surface area contributed by atoms with Crippen LogP contribution in [0.5, 0.6) is 0 Å². The first-order valence-electron chi connectivity index (χ1n) is 6.00. The van der Waals surface area contributed by atoms with Gasteiger partial charge in [0.1, 0.15) is 0 Å². The van der Waals surface area contributed by atoms with E-state index in [0.717, 1.165) is 0 Å². The maximum absolute atomic E-state index is 12.6. The lowest BCUT2D eigenvalue weighted by Crippen LogP contribution is -2.32. The number of hydrogen-bond acceptors (Lipinski definition) is 5. The summed E-state index contributed by atoms with van der Waals surface area (Å²) in [5, 5.41) is 0.266. The van der Waals surface area contributed by atoms with E-state index in [0.29, 0.717) is 13.0 Å². The Balaban J connectivity index is 0.00000220. The molecule has 2 N–H and O–H groups in total. The van der Waals surface area contributed by atoms with Gasteiger partial charge in [0.2, 0.25) is 10.0 Å². The number of benzene rings is 1. The number of carbonyl (C=O) groups is 1. The molecular weight excluding hydrogens is 339 g/mol. The fourth-order valence-electron chi connectivity index (χ4n) is 2.11. The molecule has 0 unspecified atom stereocenters. The average Bonchev–Trinajstić information content (AvgIpc) is 2.84. The molecule has 1 fully saturated rings. The number of methoxy groups -OCH3 is 1. The highest BCUT2D eigenvalue weighted by Crippen LogP contribution is 2.26. The van der Waals surface area contributed by atoms with Gasteiger partial charge in [-0.2, -0.15) is 4.31 Å². The van der Waals surface area contributed by atoms with Gasteiger partial charge in [-0.25, -0.2) is 13.2 Å². The molecule has 1 aromatic carbocycles. The molecule has 118 valence electrons. The van der Waals surface area contributed by atoms with Crippen molar-refractivity contribution in [2.24, 2.45) is 5.73 Å². The Kier molecular flexibility index (Phi) is 6.01. The summed E-state index contributed by atoms with van der Waals surface area (Å²) in [7, 11) is -2.59. The third kappa shape index (κ3) is 3.67. The first kappa shape index (κ1) is 18.2. The van der Waals surface area contributed by atoms with Crippen molar-refractivity contribution in [1.82, 2.24) is 4.31 Å². The van der Waals surface area contributed by atoms with Crippen molar-refractivity contribution in [3.63, 3.8) is 0 Å². The minimum Gasteiger partial charge on any atom is -0.465 e. The van der Waals surface area contributed by atoms with Crippen molar-refractivity contribution in [3.8, 4) is 0 Å². The molecule has 1 saturated heterocycles. The van der Waals surface area contributed by atoms with Gasteiger partial charge in [0.15, 0.2) is 0 Å². The number of nitrogens with two attached hydrogens (primary N) is 1. The summed E-state index contributed by atoms with van der Waals surface area (Å²) in [5.41, 5.74) is 5.66. The van der Waals surface area contributed by atoms with Crippen LogP contribution in [0.15, 0.2) is 23.1 Å². The molecule has 1 atom stereocenters. The Bertz CT molecular complexity index is 636. The molecule has 0 saturated carbocycles. The Morgan fingerprint density at radius 1 is 1.48 bits per heavy atom. The summed E-state index contributed by atoms with van der Waals surface area (Å²) >= 11 is 5.81. The first-order chi connectivity index (χ1) is 9.36. The summed E-state index contributed by atoms with van der Waals surface area (Å²) in [6.07, 6.45) is 0.598. The SMILES string of the molecule is COC(=O)c1cc(Cl)ccc1S(=O)(=O)N1CC[C@@H](N)C1.Cl. The molecule has 1 heterocycles. The second-order valence-corrected chi connectivity index (χ2v) is 6.89. The van der Waals surface area contributed by atoms with Gasteiger partial charge in [-0.3, -0.25) is 0 Å². The molecule has 6 nitrogen and oxygen atoms in total. The Morgan fingerprint density at radius 2 is 2.14 bits per heavy atom. The van der Waals surface area contributed by atoms with Crippen molar-refractivity contribution >= 4 is 40.0 Å². The van der Waals surface area contributed by atoms with Crippen LogP contribution < -0.4 is 5.73 Å². The lowest BCUT2D eigenvalue weighted by molar-refractivity contribution is 0.0596. The highest BCUT2D eigenvalue weighted by atomic mass is 35.5. The fraction of sp³-hybridized carbons (Fsp3) is 0.417. The van der Waals surface area contributed by atoms with E-state index < -0.39 is 16.0 Å². The van der Waals surface area contributed by atoms with Gasteiger partial charge in [-0.05, 0) is 24.6 Å². The average molecular weight is 355 g/mol. The minimum atomic E-state index is -3.78. The van der Waals surface area contributed by atoms with Crippen LogP contribution in [-0.4, -0.2) is 44.9 Å². The molecular formula is C12H16Cl2N2O4S. The van der Waals surface area contributed by atoms with E-state index in [1.807, 2.05) is 0 Å². The zero-order chi connectivity index (χ0) is 14.9. The third-order valence-corrected chi connectivity index (χ3v) is 5.31. The van der Waals surface area contributed by atoms with E-state index in [-0.39, 0.29) is 40.5 Å². The Morgan fingerprint density at radius 3 is 2.67 bits per heavy atom. The summed E-state index contributed by atoms with van der Waals surface area (Å²) in [5.74, 6) is -0.741. The maximum Gasteiger partial charge on any atom is 0.339 e. The van der Waals surface area contributed by atoms with E-state index >= 15 is 0 Å². The van der Waals surface area contributed by atoms with Gasteiger partial charge >= 0.3 is 5.97 Å². The van der Waals surface area contributed by atoms with Crippen LogP contribution in [0.25, 0.3) is 0 Å². The van der Waals surface area contributed by atoms with Crippen LogP contribution >= 0.6 is 24.0 Å². The molecule has 1 aliphatic heterocycles. The lowest BCUT2D eigenvalue weighted by atomic mass is 10.2. The summed E-state index contributed by atoms with van der Waals surface area (Å²) in [4.78, 5) is 11.6. The van der Waals surface area contributed by atoms with Gasteiger partial charge < -0.3 is 10.5 Å². The number of esters is 1. The smallest absolute Gasteiger partial charge is 0.339 e. The predicted molar refractivity (Wildman–Crippen MR) is 81.4 cm³/mol. The molecule has 9 heteroatoms. The van der Waals surface area contributed by atoms with Crippen LogP contribution in [0.4, 0.5) is 0 Å². The van der Waals surface area contributed by atoms with Crippen molar-refractivity contribution in [2.45, 2.75) is 17.4 Å². The van der Waals surface area contributed by atoms with Crippen LogP contribution in [0, 0.1) is 0 Å². The molecule has 2 rings (SSSR count). The van der Waals surface area contributed by atoms with Gasteiger partial charge in [0.25, 0.3) is 0 Å². The Hall–Kier alpha value is -0.860. The van der Waals surface area contributed by atoms with Crippen LogP contribution in [0.1, 0.15) is 16.8 Å². The molecule has 21 heavy (non-hydrogen) atoms. The first-order valence-corrected chi connectivity index (χ1v) is 7.81. The molecule has 0 radical (unpaired) electrons. The van der Waals surface area contributed by atoms with Gasteiger partial charge in [0, 0.05) is 24.2 Å². The highest BCUT2D eigenvalue weighted by Gasteiger charge is 2.33. The maximum atomic E-state index is 12.6. The molecule has 1 aliphatic rings. The van der Waals surface area contributed by atoms with Crippen molar-refractivity contribution in [3.05, 3.63) is 28.8 Å². The summed E-state index contributed by atoms with van der Waals surface area (Å²) in [6, 6.07) is 3.85. The molecule has 1 aromatic rings.